The molecule has 1 aromatic rings. The van der Waals surface area contributed by atoms with Gasteiger partial charge in [0.25, 0.3) is 0 Å². The van der Waals surface area contributed by atoms with Crippen molar-refractivity contribution in [3.05, 3.63) is 47.3 Å². The van der Waals surface area contributed by atoms with E-state index in [-0.39, 0.29) is 11.6 Å². The molecule has 0 fully saturated rings. The van der Waals surface area contributed by atoms with E-state index in [1.807, 2.05) is 6.92 Å². The summed E-state index contributed by atoms with van der Waals surface area (Å²) < 4.78 is 13.2. The van der Waals surface area contributed by atoms with Crippen molar-refractivity contribution in [3.8, 4) is 0 Å². The van der Waals surface area contributed by atoms with Crippen LogP contribution >= 0.6 is 0 Å². The van der Waals surface area contributed by atoms with Gasteiger partial charge >= 0.3 is 0 Å². The van der Waals surface area contributed by atoms with E-state index < -0.39 is 0 Å². The minimum absolute atomic E-state index is 0.00107. The molecule has 0 saturated heterocycles. The van der Waals surface area contributed by atoms with Crippen molar-refractivity contribution in [1.82, 2.24) is 0 Å². The Bertz CT molecular complexity index is 366. The molecule has 0 N–H and O–H groups in total. The quantitative estimate of drug-likeness (QED) is 0.673. The van der Waals surface area contributed by atoms with E-state index in [0.717, 1.165) is 5.57 Å². The fourth-order valence-electron chi connectivity index (χ4n) is 1.34. The van der Waals surface area contributed by atoms with Gasteiger partial charge in [0.1, 0.15) is 5.82 Å². The molecule has 0 atom stereocenters. The van der Waals surface area contributed by atoms with Gasteiger partial charge in [-0.15, -0.1) is 0 Å². The van der Waals surface area contributed by atoms with Gasteiger partial charge in [0.05, 0.1) is 0 Å². The minimum atomic E-state index is -0.219. The zero-order valence-corrected chi connectivity index (χ0v) is 8.38. The summed E-state index contributed by atoms with van der Waals surface area (Å²) in [7, 11) is 0. The van der Waals surface area contributed by atoms with Gasteiger partial charge in [-0.25, -0.2) is 4.39 Å². The Morgan fingerprint density at radius 1 is 1.36 bits per heavy atom. The molecule has 0 bridgehead atoms. The first-order valence-electron chi connectivity index (χ1n) is 4.50. The molecular formula is C12H13FO. The number of carbonyl (C=O) groups is 1. The maximum Gasteiger partial charge on any atom is 0.152 e. The molecule has 0 amide bonds. The lowest BCUT2D eigenvalue weighted by atomic mass is 10.1. The smallest absolute Gasteiger partial charge is 0.152 e. The van der Waals surface area contributed by atoms with Gasteiger partial charge < -0.3 is 0 Å². The van der Waals surface area contributed by atoms with Gasteiger partial charge in [-0.3, -0.25) is 4.79 Å². The number of hydrogen-bond acceptors (Lipinski definition) is 1. The maximum absolute atomic E-state index is 13.2. The molecule has 0 heterocycles. The average Bonchev–Trinajstić information content (AvgIpc) is 2.07. The van der Waals surface area contributed by atoms with Gasteiger partial charge in [-0.05, 0) is 38.0 Å². The molecule has 1 rings (SSSR count). The van der Waals surface area contributed by atoms with Crippen LogP contribution in [0.1, 0.15) is 19.4 Å². The predicted molar refractivity (Wildman–Crippen MR) is 54.5 cm³/mol. The summed E-state index contributed by atoms with van der Waals surface area (Å²) >= 11 is 0. The molecule has 0 aromatic heterocycles. The molecule has 0 aliphatic heterocycles. The lowest BCUT2D eigenvalue weighted by Crippen LogP contribution is -1.93. The van der Waals surface area contributed by atoms with E-state index in [0.29, 0.717) is 12.0 Å². The Kier molecular flexibility index (Phi) is 3.57. The van der Waals surface area contributed by atoms with Gasteiger partial charge in [-0.1, -0.05) is 23.8 Å². The van der Waals surface area contributed by atoms with E-state index in [9.17, 15) is 9.18 Å². The van der Waals surface area contributed by atoms with Gasteiger partial charge in [0.15, 0.2) is 5.78 Å². The standard InChI is InChI=1S/C12H13FO/c1-9(7-10(2)14)8-11-5-3-4-6-12(11)13/h3-7H,8H2,1-2H3/b9-7-. The summed E-state index contributed by atoms with van der Waals surface area (Å²) in [4.78, 5) is 10.8. The molecule has 74 valence electrons. The van der Waals surface area contributed by atoms with Crippen LogP contribution in [0.5, 0.6) is 0 Å². The van der Waals surface area contributed by atoms with Gasteiger partial charge in [-0.2, -0.15) is 0 Å². The molecule has 0 aliphatic rings. The van der Waals surface area contributed by atoms with Crippen molar-refractivity contribution in [2.75, 3.05) is 0 Å². The number of hydrogen-bond donors (Lipinski definition) is 0. The van der Waals surface area contributed by atoms with Crippen molar-refractivity contribution in [3.63, 3.8) is 0 Å². The Morgan fingerprint density at radius 3 is 2.57 bits per heavy atom. The summed E-state index contributed by atoms with van der Waals surface area (Å²) in [5, 5.41) is 0. The van der Waals surface area contributed by atoms with E-state index >= 15 is 0 Å². The van der Waals surface area contributed by atoms with Crippen LogP contribution in [0.15, 0.2) is 35.9 Å². The van der Waals surface area contributed by atoms with Crippen LogP contribution in [0.4, 0.5) is 4.39 Å². The van der Waals surface area contributed by atoms with Crippen LogP contribution < -0.4 is 0 Å². The lowest BCUT2D eigenvalue weighted by Gasteiger charge is -2.02. The summed E-state index contributed by atoms with van der Waals surface area (Å²) in [6.07, 6.45) is 2.03. The zero-order chi connectivity index (χ0) is 10.6. The van der Waals surface area contributed by atoms with Gasteiger partial charge in [0, 0.05) is 0 Å². The van der Waals surface area contributed by atoms with Crippen LogP contribution in [0.25, 0.3) is 0 Å². The highest BCUT2D eigenvalue weighted by atomic mass is 19.1. The highest BCUT2D eigenvalue weighted by molar-refractivity contribution is 5.87. The first-order chi connectivity index (χ1) is 6.59. The second kappa shape index (κ2) is 4.70. The molecule has 0 radical (unpaired) electrons. The maximum atomic E-state index is 13.2. The Balaban J connectivity index is 2.79. The number of allylic oxidation sites excluding steroid dienone is 2. The van der Waals surface area contributed by atoms with E-state index in [1.165, 1.54) is 19.1 Å². The van der Waals surface area contributed by atoms with E-state index in [4.69, 9.17) is 0 Å². The molecule has 2 heteroatoms. The number of halogens is 1. The molecule has 0 unspecified atom stereocenters. The molecule has 1 nitrogen and oxygen atoms in total. The predicted octanol–water partition coefficient (Wildman–Crippen LogP) is 2.90. The summed E-state index contributed by atoms with van der Waals surface area (Å²) in [5.41, 5.74) is 1.50. The summed E-state index contributed by atoms with van der Waals surface area (Å²) in [5.74, 6) is -0.220. The third-order valence-electron chi connectivity index (χ3n) is 1.88. The van der Waals surface area contributed by atoms with Crippen LogP contribution in [-0.4, -0.2) is 5.78 Å². The molecule has 0 aliphatic carbocycles. The molecular weight excluding hydrogens is 179 g/mol. The monoisotopic (exact) mass is 192 g/mol. The highest BCUT2D eigenvalue weighted by Crippen LogP contribution is 2.11. The number of carbonyl (C=O) groups excluding carboxylic acids is 1. The number of benzene rings is 1. The van der Waals surface area contributed by atoms with Crippen molar-refractivity contribution in [2.24, 2.45) is 0 Å². The SMILES string of the molecule is CC(=O)/C=C(/C)Cc1ccccc1F. The Labute approximate surface area is 83.3 Å². The third kappa shape index (κ3) is 3.13. The molecule has 1 aromatic carbocycles. The first-order valence-corrected chi connectivity index (χ1v) is 4.50. The van der Waals surface area contributed by atoms with Gasteiger partial charge in [0.2, 0.25) is 0 Å². The lowest BCUT2D eigenvalue weighted by molar-refractivity contribution is -0.112. The minimum Gasteiger partial charge on any atom is -0.295 e. The van der Waals surface area contributed by atoms with Crippen LogP contribution in [-0.2, 0) is 11.2 Å². The van der Waals surface area contributed by atoms with Crippen LogP contribution in [0.3, 0.4) is 0 Å². The van der Waals surface area contributed by atoms with Crippen molar-refractivity contribution in [1.29, 1.82) is 0 Å². The Hall–Kier alpha value is -1.44. The number of rotatable bonds is 3. The van der Waals surface area contributed by atoms with Crippen molar-refractivity contribution < 1.29 is 9.18 Å². The second-order valence-corrected chi connectivity index (χ2v) is 3.37. The summed E-state index contributed by atoms with van der Waals surface area (Å²) in [6.45, 7) is 3.32. The fourth-order valence-corrected chi connectivity index (χ4v) is 1.34. The third-order valence-corrected chi connectivity index (χ3v) is 1.88. The molecule has 0 saturated carbocycles. The second-order valence-electron chi connectivity index (χ2n) is 3.37. The summed E-state index contributed by atoms with van der Waals surface area (Å²) in [6, 6.07) is 6.60. The highest BCUT2D eigenvalue weighted by Gasteiger charge is 2.01. The van der Waals surface area contributed by atoms with E-state index in [2.05, 4.69) is 0 Å². The number of ketones is 1. The largest absolute Gasteiger partial charge is 0.295 e. The van der Waals surface area contributed by atoms with Crippen molar-refractivity contribution >= 4 is 5.78 Å². The Morgan fingerprint density at radius 2 is 2.00 bits per heavy atom. The first kappa shape index (κ1) is 10.6. The average molecular weight is 192 g/mol. The van der Waals surface area contributed by atoms with Crippen LogP contribution in [0.2, 0.25) is 0 Å². The normalized spacial score (nSPS) is 11.5. The fraction of sp³-hybridized carbons (Fsp3) is 0.250. The van der Waals surface area contributed by atoms with E-state index in [1.54, 1.807) is 18.2 Å². The topological polar surface area (TPSA) is 17.1 Å². The molecule has 0 spiro atoms. The zero-order valence-electron chi connectivity index (χ0n) is 8.38. The van der Waals surface area contributed by atoms with Crippen LogP contribution in [0, 0.1) is 5.82 Å². The molecule has 14 heavy (non-hydrogen) atoms. The van der Waals surface area contributed by atoms with Crippen molar-refractivity contribution in [2.45, 2.75) is 20.3 Å².